The van der Waals surface area contributed by atoms with E-state index in [-0.39, 0.29) is 12.3 Å². The van der Waals surface area contributed by atoms with Crippen LogP contribution in [0.3, 0.4) is 0 Å². The van der Waals surface area contributed by atoms with Crippen molar-refractivity contribution in [2.75, 3.05) is 7.05 Å². The molecule has 1 heterocycles. The van der Waals surface area contributed by atoms with Gasteiger partial charge in [-0.1, -0.05) is 0 Å². The van der Waals surface area contributed by atoms with E-state index in [1.165, 1.54) is 0 Å². The molecular weight excluding hydrogens is 276 g/mol. The first-order chi connectivity index (χ1) is 7.13. The van der Waals surface area contributed by atoms with Crippen molar-refractivity contribution in [3.05, 3.63) is 20.8 Å². The van der Waals surface area contributed by atoms with E-state index in [0.717, 1.165) is 9.35 Å². The highest BCUT2D eigenvalue weighted by molar-refractivity contribution is 9.10. The van der Waals surface area contributed by atoms with E-state index >= 15 is 0 Å². The molecule has 1 amide bonds. The van der Waals surface area contributed by atoms with Crippen molar-refractivity contribution in [1.82, 2.24) is 4.90 Å². The Morgan fingerprint density at radius 1 is 1.73 bits per heavy atom. The Bertz CT molecular complexity index is 383. The van der Waals surface area contributed by atoms with Crippen LogP contribution in [0.2, 0.25) is 0 Å². The normalized spacial score (nSPS) is 9.67. The second kappa shape index (κ2) is 5.89. The Balaban J connectivity index is 2.45. The Morgan fingerprint density at radius 3 is 3.00 bits per heavy atom. The predicted molar refractivity (Wildman–Crippen MR) is 63.3 cm³/mol. The molecule has 0 aliphatic rings. The van der Waals surface area contributed by atoms with Gasteiger partial charge in [0.15, 0.2) is 0 Å². The summed E-state index contributed by atoms with van der Waals surface area (Å²) in [7, 11) is 1.76. The molecule has 0 atom stereocenters. The van der Waals surface area contributed by atoms with Crippen LogP contribution in [-0.2, 0) is 11.3 Å². The van der Waals surface area contributed by atoms with E-state index in [4.69, 9.17) is 5.26 Å². The molecule has 1 aromatic rings. The minimum absolute atomic E-state index is 0.0149. The second-order valence-electron chi connectivity index (χ2n) is 3.14. The Labute approximate surface area is 101 Å². The number of carbonyl (C=O) groups is 1. The summed E-state index contributed by atoms with van der Waals surface area (Å²) >= 11 is 4.98. The van der Waals surface area contributed by atoms with Crippen LogP contribution < -0.4 is 0 Å². The fourth-order valence-corrected chi connectivity index (χ4v) is 2.62. The molecule has 1 aromatic heterocycles. The maximum atomic E-state index is 11.5. The van der Waals surface area contributed by atoms with Crippen LogP contribution in [0.1, 0.15) is 17.7 Å². The fourth-order valence-electron chi connectivity index (χ4n) is 1.11. The zero-order chi connectivity index (χ0) is 11.3. The zero-order valence-corrected chi connectivity index (χ0v) is 10.8. The van der Waals surface area contributed by atoms with Gasteiger partial charge in [0, 0.05) is 34.6 Å². The summed E-state index contributed by atoms with van der Waals surface area (Å²) in [6.07, 6.45) is 0.594. The van der Waals surface area contributed by atoms with Crippen molar-refractivity contribution < 1.29 is 4.79 Å². The number of thiophene rings is 1. The number of nitrogens with zero attached hydrogens (tertiary/aromatic N) is 2. The smallest absolute Gasteiger partial charge is 0.223 e. The summed E-state index contributed by atoms with van der Waals surface area (Å²) in [4.78, 5) is 14.3. The van der Waals surface area contributed by atoms with E-state index in [1.54, 1.807) is 23.3 Å². The van der Waals surface area contributed by atoms with E-state index in [2.05, 4.69) is 15.9 Å². The van der Waals surface area contributed by atoms with Crippen molar-refractivity contribution in [1.29, 1.82) is 5.26 Å². The molecule has 0 unspecified atom stereocenters. The monoisotopic (exact) mass is 286 g/mol. The van der Waals surface area contributed by atoms with Gasteiger partial charge >= 0.3 is 0 Å². The lowest BCUT2D eigenvalue weighted by molar-refractivity contribution is -0.130. The molecule has 0 N–H and O–H groups in total. The molecule has 0 saturated heterocycles. The summed E-state index contributed by atoms with van der Waals surface area (Å²) < 4.78 is 1.04. The Hall–Kier alpha value is -0.860. The van der Waals surface area contributed by atoms with Gasteiger partial charge < -0.3 is 4.90 Å². The maximum absolute atomic E-state index is 11.5. The number of halogens is 1. The van der Waals surface area contributed by atoms with Crippen molar-refractivity contribution in [3.63, 3.8) is 0 Å². The van der Waals surface area contributed by atoms with E-state index in [9.17, 15) is 4.79 Å². The summed E-state index contributed by atoms with van der Waals surface area (Å²) in [5, 5.41) is 10.4. The first-order valence-corrected chi connectivity index (χ1v) is 6.14. The lowest BCUT2D eigenvalue weighted by Gasteiger charge is -2.15. The average molecular weight is 287 g/mol. The molecule has 0 saturated carbocycles. The van der Waals surface area contributed by atoms with Crippen LogP contribution in [-0.4, -0.2) is 17.9 Å². The summed E-state index contributed by atoms with van der Waals surface area (Å²) in [6, 6.07) is 3.97. The van der Waals surface area contributed by atoms with Crippen molar-refractivity contribution in [2.24, 2.45) is 0 Å². The van der Waals surface area contributed by atoms with Crippen LogP contribution >= 0.6 is 27.3 Å². The zero-order valence-electron chi connectivity index (χ0n) is 8.36. The largest absolute Gasteiger partial charge is 0.341 e. The first kappa shape index (κ1) is 12.2. The Kier molecular flexibility index (Phi) is 4.79. The number of rotatable bonds is 4. The summed E-state index contributed by atoms with van der Waals surface area (Å²) in [5.41, 5.74) is 0. The van der Waals surface area contributed by atoms with Gasteiger partial charge in [0.05, 0.1) is 12.6 Å². The average Bonchev–Trinajstić information content (AvgIpc) is 2.60. The molecule has 0 radical (unpaired) electrons. The highest BCUT2D eigenvalue weighted by Gasteiger charge is 2.09. The van der Waals surface area contributed by atoms with E-state index < -0.39 is 0 Å². The number of hydrogen-bond acceptors (Lipinski definition) is 3. The fraction of sp³-hybridized carbons (Fsp3) is 0.400. The van der Waals surface area contributed by atoms with E-state index in [0.29, 0.717) is 13.0 Å². The Morgan fingerprint density at radius 2 is 2.47 bits per heavy atom. The van der Waals surface area contributed by atoms with Gasteiger partial charge in [-0.05, 0) is 22.0 Å². The number of carbonyl (C=O) groups excluding carboxylic acids is 1. The molecule has 5 heteroatoms. The molecule has 0 bridgehead atoms. The first-order valence-electron chi connectivity index (χ1n) is 4.47. The molecule has 1 rings (SSSR count). The standard InChI is InChI=1S/C10H11BrN2OS/c1-13(10(14)3-2-4-12)6-9-5-8(11)7-15-9/h5,7H,2-3,6H2,1H3. The van der Waals surface area contributed by atoms with Crippen LogP contribution in [0.4, 0.5) is 0 Å². The molecule has 0 aliphatic carbocycles. The highest BCUT2D eigenvalue weighted by atomic mass is 79.9. The minimum atomic E-state index is 0.0149. The van der Waals surface area contributed by atoms with Gasteiger partial charge in [-0.25, -0.2) is 0 Å². The molecule has 3 nitrogen and oxygen atoms in total. The van der Waals surface area contributed by atoms with Gasteiger partial charge in [0.2, 0.25) is 5.91 Å². The third-order valence-corrected chi connectivity index (χ3v) is 3.57. The highest BCUT2D eigenvalue weighted by Crippen LogP contribution is 2.20. The third-order valence-electron chi connectivity index (χ3n) is 1.89. The van der Waals surface area contributed by atoms with Crippen LogP contribution in [0.5, 0.6) is 0 Å². The molecule has 80 valence electrons. The topological polar surface area (TPSA) is 44.1 Å². The summed E-state index contributed by atoms with van der Waals surface area (Å²) in [6.45, 7) is 0.612. The van der Waals surface area contributed by atoms with Gasteiger partial charge in [-0.2, -0.15) is 5.26 Å². The van der Waals surface area contributed by atoms with Crippen molar-refractivity contribution in [2.45, 2.75) is 19.4 Å². The maximum Gasteiger partial charge on any atom is 0.223 e. The number of hydrogen-bond donors (Lipinski definition) is 0. The van der Waals surface area contributed by atoms with Gasteiger partial charge in [-0.15, -0.1) is 11.3 Å². The van der Waals surface area contributed by atoms with Crippen molar-refractivity contribution >= 4 is 33.2 Å². The van der Waals surface area contributed by atoms with Crippen LogP contribution in [0.25, 0.3) is 0 Å². The van der Waals surface area contributed by atoms with E-state index in [1.807, 2.05) is 17.5 Å². The molecule has 15 heavy (non-hydrogen) atoms. The lowest BCUT2D eigenvalue weighted by Crippen LogP contribution is -2.25. The molecule has 0 spiro atoms. The summed E-state index contributed by atoms with van der Waals surface area (Å²) in [5.74, 6) is 0.0149. The van der Waals surface area contributed by atoms with Gasteiger partial charge in [0.1, 0.15) is 0 Å². The molecule has 0 fully saturated rings. The molecule has 0 aromatic carbocycles. The predicted octanol–water partition coefficient (Wildman–Crippen LogP) is 2.77. The van der Waals surface area contributed by atoms with Crippen LogP contribution in [0.15, 0.2) is 15.9 Å². The molecule has 0 aliphatic heterocycles. The second-order valence-corrected chi connectivity index (χ2v) is 5.05. The third kappa shape index (κ3) is 4.02. The number of nitriles is 1. The lowest BCUT2D eigenvalue weighted by atomic mass is 10.3. The van der Waals surface area contributed by atoms with Gasteiger partial charge in [-0.3, -0.25) is 4.79 Å². The van der Waals surface area contributed by atoms with Crippen molar-refractivity contribution in [3.8, 4) is 6.07 Å². The van der Waals surface area contributed by atoms with Crippen LogP contribution in [0, 0.1) is 11.3 Å². The minimum Gasteiger partial charge on any atom is -0.341 e. The number of amides is 1. The van der Waals surface area contributed by atoms with Gasteiger partial charge in [0.25, 0.3) is 0 Å². The SMILES string of the molecule is CN(Cc1cc(Br)cs1)C(=O)CCC#N. The quantitative estimate of drug-likeness (QED) is 0.854. The molecular formula is C10H11BrN2OS.